The Morgan fingerprint density at radius 3 is 1.60 bits per heavy atom. The molecule has 0 unspecified atom stereocenters. The third-order valence-electron chi connectivity index (χ3n) is 1.02. The van der Waals surface area contributed by atoms with E-state index in [4.69, 9.17) is 0 Å². The van der Waals surface area contributed by atoms with Gasteiger partial charge < -0.3 is 10.2 Å². The van der Waals surface area contributed by atoms with E-state index in [0.717, 1.165) is 6.54 Å². The molecule has 0 bridgehead atoms. The predicted octanol–water partition coefficient (Wildman–Crippen LogP) is 1.18. The maximum Gasteiger partial charge on any atom is -0.00275 e. The minimum atomic E-state index is 1.07. The van der Waals surface area contributed by atoms with Gasteiger partial charge in [0.1, 0.15) is 0 Å². The van der Waals surface area contributed by atoms with Crippen molar-refractivity contribution < 1.29 is 0 Å². The highest BCUT2D eigenvalue weighted by molar-refractivity contribution is 4.34. The van der Waals surface area contributed by atoms with Gasteiger partial charge in [0.2, 0.25) is 0 Å². The van der Waals surface area contributed by atoms with E-state index in [-0.39, 0.29) is 0 Å². The first-order valence-electron chi connectivity index (χ1n) is 3.98. The zero-order chi connectivity index (χ0) is 8.41. The second-order valence-electron chi connectivity index (χ2n) is 2.51. The molecule has 10 heavy (non-hydrogen) atoms. The Morgan fingerprint density at radius 2 is 1.60 bits per heavy atom. The van der Waals surface area contributed by atoms with Gasteiger partial charge in [0.15, 0.2) is 0 Å². The van der Waals surface area contributed by atoms with Crippen molar-refractivity contribution >= 4 is 0 Å². The SMILES string of the molecule is CCCN(C)C.CCNC. The van der Waals surface area contributed by atoms with Gasteiger partial charge in [0, 0.05) is 0 Å². The fraction of sp³-hybridized carbons (Fsp3) is 1.00. The Labute approximate surface area is 65.6 Å². The van der Waals surface area contributed by atoms with Crippen LogP contribution in [-0.4, -0.2) is 39.1 Å². The van der Waals surface area contributed by atoms with E-state index in [1.807, 2.05) is 7.05 Å². The molecule has 0 aromatic rings. The molecular formula is C8H22N2. The Kier molecular flexibility index (Phi) is 14.7. The fourth-order valence-electron chi connectivity index (χ4n) is 0.447. The average Bonchev–Trinajstić information content (AvgIpc) is 1.89. The summed E-state index contributed by atoms with van der Waals surface area (Å²) in [4.78, 5) is 2.18. The van der Waals surface area contributed by atoms with Gasteiger partial charge in [-0.1, -0.05) is 13.8 Å². The van der Waals surface area contributed by atoms with Crippen LogP contribution in [-0.2, 0) is 0 Å². The Morgan fingerprint density at radius 1 is 1.20 bits per heavy atom. The van der Waals surface area contributed by atoms with Crippen LogP contribution in [0.1, 0.15) is 20.3 Å². The smallest absolute Gasteiger partial charge is 0.00275 e. The standard InChI is InChI=1S/C5H13N.C3H9N/c1-4-5-6(2)3;1-3-4-2/h4-5H2,1-3H3;4H,3H2,1-2H3. The lowest BCUT2D eigenvalue weighted by atomic mass is 10.5. The summed E-state index contributed by atoms with van der Waals surface area (Å²) in [6, 6.07) is 0. The van der Waals surface area contributed by atoms with E-state index >= 15 is 0 Å². The van der Waals surface area contributed by atoms with Crippen molar-refractivity contribution in [1.82, 2.24) is 10.2 Å². The second-order valence-corrected chi connectivity index (χ2v) is 2.51. The van der Waals surface area contributed by atoms with Crippen LogP contribution >= 0.6 is 0 Å². The average molecular weight is 146 g/mol. The molecule has 0 spiro atoms. The maximum atomic E-state index is 2.93. The summed E-state index contributed by atoms with van der Waals surface area (Å²) < 4.78 is 0. The van der Waals surface area contributed by atoms with Gasteiger partial charge >= 0.3 is 0 Å². The Balaban J connectivity index is 0. The van der Waals surface area contributed by atoms with Gasteiger partial charge in [-0.25, -0.2) is 0 Å². The Hall–Kier alpha value is -0.0800. The molecule has 0 aliphatic heterocycles. The predicted molar refractivity (Wildman–Crippen MR) is 48.4 cm³/mol. The van der Waals surface area contributed by atoms with Crippen molar-refractivity contribution in [3.63, 3.8) is 0 Å². The molecule has 2 nitrogen and oxygen atoms in total. The summed E-state index contributed by atoms with van der Waals surface area (Å²) in [5.74, 6) is 0. The molecule has 0 saturated heterocycles. The fourth-order valence-corrected chi connectivity index (χ4v) is 0.447. The minimum absolute atomic E-state index is 1.07. The third kappa shape index (κ3) is 24.7. The summed E-state index contributed by atoms with van der Waals surface area (Å²) >= 11 is 0. The van der Waals surface area contributed by atoms with Crippen LogP contribution in [0.4, 0.5) is 0 Å². The lowest BCUT2D eigenvalue weighted by Crippen LogP contribution is -2.11. The van der Waals surface area contributed by atoms with Crippen molar-refractivity contribution in [3.05, 3.63) is 0 Å². The van der Waals surface area contributed by atoms with E-state index in [1.165, 1.54) is 13.0 Å². The molecule has 0 aromatic carbocycles. The summed E-state index contributed by atoms with van der Waals surface area (Å²) in [6.45, 7) is 6.53. The molecule has 0 rings (SSSR count). The number of hydrogen-bond acceptors (Lipinski definition) is 2. The first-order valence-corrected chi connectivity index (χ1v) is 3.98. The van der Waals surface area contributed by atoms with Gasteiger partial charge in [-0.3, -0.25) is 0 Å². The molecule has 0 fully saturated rings. The molecule has 0 amide bonds. The monoisotopic (exact) mass is 146 g/mol. The third-order valence-corrected chi connectivity index (χ3v) is 1.02. The largest absolute Gasteiger partial charge is 0.320 e. The highest BCUT2D eigenvalue weighted by Crippen LogP contribution is 1.76. The number of nitrogens with one attached hydrogen (secondary N) is 1. The molecule has 0 saturated carbocycles. The highest BCUT2D eigenvalue weighted by atomic mass is 15.0. The van der Waals surface area contributed by atoms with Crippen LogP contribution in [0.2, 0.25) is 0 Å². The van der Waals surface area contributed by atoms with Gasteiger partial charge in [-0.05, 0) is 40.7 Å². The molecule has 0 heterocycles. The first-order chi connectivity index (χ1) is 4.68. The number of nitrogens with zero attached hydrogens (tertiary/aromatic N) is 1. The van der Waals surface area contributed by atoms with Gasteiger partial charge in [-0.2, -0.15) is 0 Å². The molecule has 0 aliphatic carbocycles. The molecule has 0 radical (unpaired) electrons. The zero-order valence-corrected chi connectivity index (χ0v) is 8.07. The van der Waals surface area contributed by atoms with Crippen LogP contribution in [0.5, 0.6) is 0 Å². The van der Waals surface area contributed by atoms with E-state index in [0.29, 0.717) is 0 Å². The lowest BCUT2D eigenvalue weighted by Gasteiger charge is -2.03. The zero-order valence-electron chi connectivity index (χ0n) is 8.07. The van der Waals surface area contributed by atoms with Crippen molar-refractivity contribution in [2.45, 2.75) is 20.3 Å². The molecule has 0 aliphatic rings. The maximum absolute atomic E-state index is 2.93. The molecule has 0 atom stereocenters. The lowest BCUT2D eigenvalue weighted by molar-refractivity contribution is 0.408. The molecular weight excluding hydrogens is 124 g/mol. The van der Waals surface area contributed by atoms with Crippen molar-refractivity contribution in [2.75, 3.05) is 34.2 Å². The van der Waals surface area contributed by atoms with Crippen LogP contribution in [0.25, 0.3) is 0 Å². The van der Waals surface area contributed by atoms with Gasteiger partial charge in [-0.15, -0.1) is 0 Å². The summed E-state index contributed by atoms with van der Waals surface area (Å²) in [5, 5.41) is 2.93. The molecule has 2 heteroatoms. The van der Waals surface area contributed by atoms with Crippen LogP contribution in [0, 0.1) is 0 Å². The topological polar surface area (TPSA) is 15.3 Å². The van der Waals surface area contributed by atoms with Crippen LogP contribution < -0.4 is 5.32 Å². The van der Waals surface area contributed by atoms with E-state index < -0.39 is 0 Å². The Bertz CT molecular complexity index is 42.5. The summed E-state index contributed by atoms with van der Waals surface area (Å²) in [7, 11) is 6.10. The van der Waals surface area contributed by atoms with Gasteiger partial charge in [0.05, 0.1) is 0 Å². The number of rotatable bonds is 3. The quantitative estimate of drug-likeness (QED) is 0.643. The summed E-state index contributed by atoms with van der Waals surface area (Å²) in [5.41, 5.74) is 0. The van der Waals surface area contributed by atoms with Crippen LogP contribution in [0.3, 0.4) is 0 Å². The minimum Gasteiger partial charge on any atom is -0.320 e. The van der Waals surface area contributed by atoms with Crippen molar-refractivity contribution in [1.29, 1.82) is 0 Å². The molecule has 0 aromatic heterocycles. The van der Waals surface area contributed by atoms with Crippen molar-refractivity contribution in [3.8, 4) is 0 Å². The van der Waals surface area contributed by atoms with E-state index in [1.54, 1.807) is 0 Å². The number of hydrogen-bond donors (Lipinski definition) is 1. The molecule has 1 N–H and O–H groups in total. The van der Waals surface area contributed by atoms with E-state index in [9.17, 15) is 0 Å². The second kappa shape index (κ2) is 11.7. The normalized spacial score (nSPS) is 9.00. The molecule has 64 valence electrons. The van der Waals surface area contributed by atoms with Crippen LogP contribution in [0.15, 0.2) is 0 Å². The van der Waals surface area contributed by atoms with E-state index in [2.05, 4.69) is 38.2 Å². The summed E-state index contributed by atoms with van der Waals surface area (Å²) in [6.07, 6.45) is 1.26. The highest BCUT2D eigenvalue weighted by Gasteiger charge is 1.79. The van der Waals surface area contributed by atoms with Gasteiger partial charge in [0.25, 0.3) is 0 Å². The van der Waals surface area contributed by atoms with Crippen molar-refractivity contribution in [2.24, 2.45) is 0 Å². The first kappa shape index (κ1) is 12.6.